The average molecular weight is 296 g/mol. The van der Waals surface area contributed by atoms with Crippen LogP contribution in [0.1, 0.15) is 29.9 Å². The summed E-state index contributed by atoms with van der Waals surface area (Å²) < 4.78 is 7.30. The maximum atomic E-state index is 5.29. The largest absolute Gasteiger partial charge is 0.496 e. The highest BCUT2D eigenvalue weighted by Gasteiger charge is 2.12. The number of nitrogens with zero attached hydrogens (tertiary/aromatic N) is 3. The van der Waals surface area contributed by atoms with Crippen LogP contribution in [0.2, 0.25) is 0 Å². The molecule has 22 heavy (non-hydrogen) atoms. The van der Waals surface area contributed by atoms with Crippen molar-refractivity contribution in [2.75, 3.05) is 7.11 Å². The van der Waals surface area contributed by atoms with Crippen molar-refractivity contribution in [2.24, 2.45) is 0 Å². The highest BCUT2D eigenvalue weighted by Crippen LogP contribution is 2.19. The zero-order chi connectivity index (χ0) is 15.5. The molecule has 1 N–H and O–H groups in total. The summed E-state index contributed by atoms with van der Waals surface area (Å²) in [6.45, 7) is 4.92. The molecule has 0 amide bonds. The maximum Gasteiger partial charge on any atom is 0.160 e. The van der Waals surface area contributed by atoms with E-state index in [0.29, 0.717) is 0 Å². The number of ether oxygens (including phenoxy) is 1. The number of hydrogen-bond donors (Lipinski definition) is 1. The van der Waals surface area contributed by atoms with Crippen molar-refractivity contribution in [3.63, 3.8) is 0 Å². The maximum absolute atomic E-state index is 5.29. The molecule has 0 unspecified atom stereocenters. The van der Waals surface area contributed by atoms with Crippen molar-refractivity contribution in [1.29, 1.82) is 0 Å². The van der Waals surface area contributed by atoms with Gasteiger partial charge >= 0.3 is 0 Å². The van der Waals surface area contributed by atoms with E-state index in [0.717, 1.165) is 29.3 Å². The van der Waals surface area contributed by atoms with Gasteiger partial charge in [-0.05, 0) is 43.2 Å². The minimum Gasteiger partial charge on any atom is -0.496 e. The van der Waals surface area contributed by atoms with Crippen molar-refractivity contribution in [3.05, 3.63) is 59.5 Å². The average Bonchev–Trinajstić information content (AvgIpc) is 2.97. The van der Waals surface area contributed by atoms with Gasteiger partial charge < -0.3 is 10.1 Å². The smallest absolute Gasteiger partial charge is 0.160 e. The number of aromatic nitrogens is 3. The number of pyridine rings is 1. The lowest BCUT2D eigenvalue weighted by molar-refractivity contribution is 0.411. The van der Waals surface area contributed by atoms with Crippen LogP contribution in [0.5, 0.6) is 5.75 Å². The SMILES string of the molecule is COc1ccc(CN[C@H](C)c2nnc3ccccn23)cc1C. The summed E-state index contributed by atoms with van der Waals surface area (Å²) in [5.74, 6) is 1.83. The Balaban J connectivity index is 1.72. The predicted molar refractivity (Wildman–Crippen MR) is 86.0 cm³/mol. The van der Waals surface area contributed by atoms with Crippen LogP contribution in [0.4, 0.5) is 0 Å². The first-order valence-electron chi connectivity index (χ1n) is 7.35. The van der Waals surface area contributed by atoms with Crippen LogP contribution >= 0.6 is 0 Å². The molecule has 0 bridgehead atoms. The fourth-order valence-corrected chi connectivity index (χ4v) is 2.57. The molecule has 0 aliphatic rings. The normalized spacial score (nSPS) is 12.5. The first-order valence-corrected chi connectivity index (χ1v) is 7.35. The molecule has 1 aromatic carbocycles. The van der Waals surface area contributed by atoms with Crippen LogP contribution in [-0.4, -0.2) is 21.7 Å². The molecule has 0 aliphatic carbocycles. The number of nitrogens with one attached hydrogen (secondary N) is 1. The molecule has 5 heteroatoms. The molecule has 0 aliphatic heterocycles. The Morgan fingerprint density at radius 2 is 2.09 bits per heavy atom. The molecular weight excluding hydrogens is 276 g/mol. The van der Waals surface area contributed by atoms with E-state index in [-0.39, 0.29) is 6.04 Å². The van der Waals surface area contributed by atoms with Crippen molar-refractivity contribution >= 4 is 5.65 Å². The summed E-state index contributed by atoms with van der Waals surface area (Å²) in [7, 11) is 1.69. The minimum absolute atomic E-state index is 0.111. The van der Waals surface area contributed by atoms with E-state index in [1.165, 1.54) is 5.56 Å². The third kappa shape index (κ3) is 2.80. The molecule has 0 radical (unpaired) electrons. The Kier molecular flexibility index (Phi) is 4.06. The van der Waals surface area contributed by atoms with E-state index in [1.54, 1.807) is 7.11 Å². The Hall–Kier alpha value is -2.40. The van der Waals surface area contributed by atoms with Gasteiger partial charge in [0.15, 0.2) is 11.5 Å². The van der Waals surface area contributed by atoms with E-state index in [1.807, 2.05) is 34.9 Å². The van der Waals surface area contributed by atoms with Crippen LogP contribution in [0.15, 0.2) is 42.6 Å². The minimum atomic E-state index is 0.111. The first kappa shape index (κ1) is 14.5. The van der Waals surface area contributed by atoms with Gasteiger partial charge in [-0.1, -0.05) is 18.2 Å². The van der Waals surface area contributed by atoms with E-state index < -0.39 is 0 Å². The standard InChI is InChI=1S/C17H20N4O/c1-12-10-14(7-8-15(12)22-3)11-18-13(2)17-20-19-16-6-4-5-9-21(16)17/h4-10,13,18H,11H2,1-3H3/t13-/m1/s1. The van der Waals surface area contributed by atoms with Gasteiger partial charge in [-0.15, -0.1) is 10.2 Å². The van der Waals surface area contributed by atoms with Crippen molar-refractivity contribution in [1.82, 2.24) is 19.9 Å². The molecule has 1 atom stereocenters. The van der Waals surface area contributed by atoms with Crippen molar-refractivity contribution < 1.29 is 4.74 Å². The summed E-state index contributed by atoms with van der Waals surface area (Å²) in [6, 6.07) is 12.2. The Morgan fingerprint density at radius 3 is 2.86 bits per heavy atom. The van der Waals surface area contributed by atoms with Crippen LogP contribution in [0, 0.1) is 6.92 Å². The molecule has 3 aromatic rings. The lowest BCUT2D eigenvalue weighted by atomic mass is 10.1. The lowest BCUT2D eigenvalue weighted by Crippen LogP contribution is -2.20. The van der Waals surface area contributed by atoms with E-state index in [2.05, 4.69) is 41.5 Å². The fourth-order valence-electron chi connectivity index (χ4n) is 2.57. The predicted octanol–water partition coefficient (Wildman–Crippen LogP) is 2.90. The number of aryl methyl sites for hydroxylation is 1. The Labute approximate surface area is 130 Å². The van der Waals surface area contributed by atoms with Crippen LogP contribution in [0.25, 0.3) is 5.65 Å². The molecule has 0 saturated carbocycles. The fraction of sp³-hybridized carbons (Fsp3) is 0.294. The molecule has 0 saturated heterocycles. The van der Waals surface area contributed by atoms with Crippen LogP contribution in [-0.2, 0) is 6.54 Å². The first-order chi connectivity index (χ1) is 10.7. The summed E-state index contributed by atoms with van der Waals surface area (Å²) >= 11 is 0. The molecule has 2 aromatic heterocycles. The molecule has 114 valence electrons. The van der Waals surface area contributed by atoms with Gasteiger partial charge in [-0.2, -0.15) is 0 Å². The molecule has 0 spiro atoms. The third-order valence-corrected chi connectivity index (χ3v) is 3.80. The summed E-state index contributed by atoms with van der Waals surface area (Å²) in [5, 5.41) is 12.0. The van der Waals surface area contributed by atoms with Gasteiger partial charge in [0.1, 0.15) is 5.75 Å². The molecule has 5 nitrogen and oxygen atoms in total. The van der Waals surface area contributed by atoms with Crippen molar-refractivity contribution in [2.45, 2.75) is 26.4 Å². The summed E-state index contributed by atoms with van der Waals surface area (Å²) in [6.07, 6.45) is 1.99. The zero-order valence-corrected chi connectivity index (χ0v) is 13.1. The van der Waals surface area contributed by atoms with E-state index >= 15 is 0 Å². The van der Waals surface area contributed by atoms with Gasteiger partial charge in [-0.3, -0.25) is 4.40 Å². The second kappa shape index (κ2) is 6.15. The molecule has 0 fully saturated rings. The molecule has 3 rings (SSSR count). The van der Waals surface area contributed by atoms with Gasteiger partial charge in [0.25, 0.3) is 0 Å². The Bertz CT molecular complexity index is 781. The van der Waals surface area contributed by atoms with Gasteiger partial charge in [0.2, 0.25) is 0 Å². The Morgan fingerprint density at radius 1 is 1.23 bits per heavy atom. The number of fused-ring (bicyclic) bond motifs is 1. The van der Waals surface area contributed by atoms with Crippen LogP contribution < -0.4 is 10.1 Å². The van der Waals surface area contributed by atoms with E-state index in [9.17, 15) is 0 Å². The van der Waals surface area contributed by atoms with E-state index in [4.69, 9.17) is 4.74 Å². The lowest BCUT2D eigenvalue weighted by Gasteiger charge is -2.13. The van der Waals surface area contributed by atoms with Gasteiger partial charge in [-0.25, -0.2) is 0 Å². The number of hydrogen-bond acceptors (Lipinski definition) is 4. The number of methoxy groups -OCH3 is 1. The molecular formula is C17H20N4O. The quantitative estimate of drug-likeness (QED) is 0.786. The van der Waals surface area contributed by atoms with Gasteiger partial charge in [0, 0.05) is 12.7 Å². The second-order valence-corrected chi connectivity index (χ2v) is 5.39. The topological polar surface area (TPSA) is 51.5 Å². The zero-order valence-electron chi connectivity index (χ0n) is 13.1. The summed E-state index contributed by atoms with van der Waals surface area (Å²) in [4.78, 5) is 0. The molecule has 2 heterocycles. The summed E-state index contributed by atoms with van der Waals surface area (Å²) in [5.41, 5.74) is 3.23. The highest BCUT2D eigenvalue weighted by molar-refractivity contribution is 5.38. The van der Waals surface area contributed by atoms with Gasteiger partial charge in [0.05, 0.1) is 13.2 Å². The number of benzene rings is 1. The highest BCUT2D eigenvalue weighted by atomic mass is 16.5. The van der Waals surface area contributed by atoms with Crippen LogP contribution in [0.3, 0.4) is 0 Å². The van der Waals surface area contributed by atoms with Crippen molar-refractivity contribution in [3.8, 4) is 5.75 Å². The monoisotopic (exact) mass is 296 g/mol. The number of rotatable bonds is 5. The third-order valence-electron chi connectivity index (χ3n) is 3.80. The second-order valence-electron chi connectivity index (χ2n) is 5.39.